The Balaban J connectivity index is 1.27. The molecular weight excluding hydrogens is 432 g/mol. The number of rotatable bonds is 8. The third-order valence-corrected chi connectivity index (χ3v) is 5.25. The van der Waals surface area contributed by atoms with Crippen molar-refractivity contribution in [1.82, 2.24) is 20.3 Å². The maximum atomic E-state index is 10.8. The van der Waals surface area contributed by atoms with Gasteiger partial charge in [-0.05, 0) is 11.1 Å². The monoisotopic (exact) mass is 450 g/mol. The van der Waals surface area contributed by atoms with Crippen LogP contribution in [0.3, 0.4) is 0 Å². The lowest BCUT2D eigenvalue weighted by molar-refractivity contribution is 0.111. The minimum Gasteiger partial charge on any atom is -0.339 e. The summed E-state index contributed by atoms with van der Waals surface area (Å²) in [5.74, 6) is 1.93. The fourth-order valence-electron chi connectivity index (χ4n) is 3.51. The number of nitrogens with zero attached hydrogens (tertiary/aromatic N) is 4. The smallest absolute Gasteiger partial charge is 0.231 e. The van der Waals surface area contributed by atoms with E-state index in [0.29, 0.717) is 47.4 Å². The first kappa shape index (κ1) is 21.1. The van der Waals surface area contributed by atoms with Gasteiger partial charge in [-0.2, -0.15) is 9.97 Å². The molecule has 5 aromatic rings. The maximum Gasteiger partial charge on any atom is 0.231 e. The van der Waals surface area contributed by atoms with Gasteiger partial charge in [0.05, 0.1) is 12.8 Å². The molecule has 0 fully saturated rings. The highest BCUT2D eigenvalue weighted by atomic mass is 16.5. The van der Waals surface area contributed by atoms with Gasteiger partial charge in [0.1, 0.15) is 12.6 Å². The zero-order valence-corrected chi connectivity index (χ0v) is 17.9. The van der Waals surface area contributed by atoms with Crippen molar-refractivity contribution in [3.63, 3.8) is 0 Å². The van der Waals surface area contributed by atoms with Gasteiger partial charge in [-0.15, -0.1) is 0 Å². The van der Waals surface area contributed by atoms with Crippen LogP contribution in [0.1, 0.15) is 43.6 Å². The Kier molecular flexibility index (Phi) is 5.85. The predicted octanol–water partition coefficient (Wildman–Crippen LogP) is 4.59. The zero-order chi connectivity index (χ0) is 23.3. The number of benzene rings is 3. The standard InChI is InChI=1S/C26H18N4O4/c31-15-17-4-8-21(9-5-17)25-27-23(33-29-25)13-19-2-1-3-20(12-19)14-24-28-26(30-34-24)22-10-6-18(16-32)7-11-22/h1-12,15-16H,13-14H2. The van der Waals surface area contributed by atoms with Gasteiger partial charge in [-0.3, -0.25) is 9.59 Å². The van der Waals surface area contributed by atoms with Crippen LogP contribution in [0, 0.1) is 0 Å². The van der Waals surface area contributed by atoms with Crippen LogP contribution >= 0.6 is 0 Å². The Morgan fingerprint density at radius 1 is 0.618 bits per heavy atom. The predicted molar refractivity (Wildman–Crippen MR) is 122 cm³/mol. The van der Waals surface area contributed by atoms with E-state index in [1.54, 1.807) is 48.5 Å². The van der Waals surface area contributed by atoms with Crippen molar-refractivity contribution in [3.8, 4) is 22.8 Å². The first-order chi connectivity index (χ1) is 16.7. The van der Waals surface area contributed by atoms with E-state index in [4.69, 9.17) is 9.05 Å². The summed E-state index contributed by atoms with van der Waals surface area (Å²) >= 11 is 0. The van der Waals surface area contributed by atoms with Crippen molar-refractivity contribution in [1.29, 1.82) is 0 Å². The molecule has 0 bridgehead atoms. The summed E-state index contributed by atoms with van der Waals surface area (Å²) in [4.78, 5) is 30.6. The van der Waals surface area contributed by atoms with Gasteiger partial charge in [0.15, 0.2) is 0 Å². The topological polar surface area (TPSA) is 112 Å². The summed E-state index contributed by atoms with van der Waals surface area (Å²) in [5, 5.41) is 8.09. The second-order valence-corrected chi connectivity index (χ2v) is 7.68. The van der Waals surface area contributed by atoms with Crippen LogP contribution in [-0.4, -0.2) is 32.9 Å². The molecule has 3 aromatic carbocycles. The summed E-state index contributed by atoms with van der Waals surface area (Å²) in [6.45, 7) is 0. The van der Waals surface area contributed by atoms with E-state index in [0.717, 1.165) is 34.8 Å². The summed E-state index contributed by atoms with van der Waals surface area (Å²) in [5.41, 5.74) is 4.76. The Morgan fingerprint density at radius 2 is 1.06 bits per heavy atom. The van der Waals surface area contributed by atoms with Crippen LogP contribution in [0.2, 0.25) is 0 Å². The largest absolute Gasteiger partial charge is 0.339 e. The molecule has 0 saturated heterocycles. The molecule has 0 N–H and O–H groups in total. The summed E-state index contributed by atoms with van der Waals surface area (Å²) in [7, 11) is 0. The zero-order valence-electron chi connectivity index (χ0n) is 17.9. The molecule has 8 heteroatoms. The molecule has 0 spiro atoms. The van der Waals surface area contributed by atoms with E-state index in [-0.39, 0.29) is 0 Å². The van der Waals surface area contributed by atoms with Crippen LogP contribution in [0.15, 0.2) is 81.8 Å². The minimum absolute atomic E-state index is 0.475. The van der Waals surface area contributed by atoms with E-state index in [1.807, 2.05) is 24.3 Å². The maximum absolute atomic E-state index is 10.8. The van der Waals surface area contributed by atoms with E-state index < -0.39 is 0 Å². The minimum atomic E-state index is 0.475. The molecule has 0 unspecified atom stereocenters. The highest BCUT2D eigenvalue weighted by Gasteiger charge is 2.12. The van der Waals surface area contributed by atoms with Crippen molar-refractivity contribution >= 4 is 12.6 Å². The lowest BCUT2D eigenvalue weighted by atomic mass is 10.1. The number of carbonyl (C=O) groups is 2. The molecule has 0 aliphatic heterocycles. The molecule has 0 saturated carbocycles. The van der Waals surface area contributed by atoms with Gasteiger partial charge in [0, 0.05) is 22.3 Å². The lowest BCUT2D eigenvalue weighted by Gasteiger charge is -2.01. The first-order valence-electron chi connectivity index (χ1n) is 10.5. The molecule has 0 aliphatic rings. The second kappa shape index (κ2) is 9.41. The van der Waals surface area contributed by atoms with Crippen molar-refractivity contribution < 1.29 is 18.6 Å². The van der Waals surface area contributed by atoms with E-state index in [9.17, 15) is 9.59 Å². The summed E-state index contributed by atoms with van der Waals surface area (Å²) in [6.07, 6.45) is 2.54. The highest BCUT2D eigenvalue weighted by molar-refractivity contribution is 5.76. The number of hydrogen-bond donors (Lipinski definition) is 0. The third-order valence-electron chi connectivity index (χ3n) is 5.25. The van der Waals surface area contributed by atoms with Crippen LogP contribution in [0.25, 0.3) is 22.8 Å². The molecular formula is C26H18N4O4. The number of aromatic nitrogens is 4. The molecule has 8 nitrogen and oxygen atoms in total. The fraction of sp³-hybridized carbons (Fsp3) is 0.0769. The van der Waals surface area contributed by atoms with Gasteiger partial charge < -0.3 is 9.05 Å². The van der Waals surface area contributed by atoms with Crippen LogP contribution in [0.4, 0.5) is 0 Å². The van der Waals surface area contributed by atoms with E-state index >= 15 is 0 Å². The Morgan fingerprint density at radius 3 is 1.47 bits per heavy atom. The van der Waals surface area contributed by atoms with Crippen LogP contribution < -0.4 is 0 Å². The third kappa shape index (κ3) is 4.71. The molecule has 0 atom stereocenters. The first-order valence-corrected chi connectivity index (χ1v) is 10.5. The Bertz CT molecular complexity index is 1330. The molecule has 0 radical (unpaired) electrons. The van der Waals surface area contributed by atoms with Crippen molar-refractivity contribution in [3.05, 3.63) is 107 Å². The van der Waals surface area contributed by atoms with Crippen molar-refractivity contribution in [2.24, 2.45) is 0 Å². The van der Waals surface area contributed by atoms with Crippen molar-refractivity contribution in [2.45, 2.75) is 12.8 Å². The van der Waals surface area contributed by atoms with Crippen LogP contribution in [-0.2, 0) is 12.8 Å². The fourth-order valence-corrected chi connectivity index (χ4v) is 3.51. The average Bonchev–Trinajstić information content (AvgIpc) is 3.54. The average molecular weight is 450 g/mol. The lowest BCUT2D eigenvalue weighted by Crippen LogP contribution is -1.93. The summed E-state index contributed by atoms with van der Waals surface area (Å²) < 4.78 is 10.8. The van der Waals surface area contributed by atoms with Gasteiger partial charge in [0.25, 0.3) is 0 Å². The van der Waals surface area contributed by atoms with Gasteiger partial charge in [-0.1, -0.05) is 83.1 Å². The molecule has 2 aromatic heterocycles. The van der Waals surface area contributed by atoms with Crippen LogP contribution in [0.5, 0.6) is 0 Å². The van der Waals surface area contributed by atoms with Crippen molar-refractivity contribution in [2.75, 3.05) is 0 Å². The number of aldehydes is 2. The van der Waals surface area contributed by atoms with Gasteiger partial charge in [-0.25, -0.2) is 0 Å². The van der Waals surface area contributed by atoms with Gasteiger partial charge in [0.2, 0.25) is 23.4 Å². The molecule has 2 heterocycles. The SMILES string of the molecule is O=Cc1ccc(-c2noc(Cc3cccc(Cc4nc(-c5ccc(C=O)cc5)no4)c3)n2)cc1. The molecule has 0 aliphatic carbocycles. The Hall–Kier alpha value is -4.72. The van der Waals surface area contributed by atoms with E-state index in [1.165, 1.54) is 0 Å². The number of carbonyl (C=O) groups excluding carboxylic acids is 2. The summed E-state index contributed by atoms with van der Waals surface area (Å²) in [6, 6.07) is 22.0. The normalized spacial score (nSPS) is 10.8. The molecule has 5 rings (SSSR count). The van der Waals surface area contributed by atoms with Gasteiger partial charge >= 0.3 is 0 Å². The highest BCUT2D eigenvalue weighted by Crippen LogP contribution is 2.20. The number of hydrogen-bond acceptors (Lipinski definition) is 8. The molecule has 0 amide bonds. The second-order valence-electron chi connectivity index (χ2n) is 7.68. The molecule has 34 heavy (non-hydrogen) atoms. The Labute approximate surface area is 194 Å². The quantitative estimate of drug-likeness (QED) is 0.316. The molecule has 166 valence electrons. The van der Waals surface area contributed by atoms with E-state index in [2.05, 4.69) is 20.3 Å².